The number of piperazine rings is 1. The third kappa shape index (κ3) is 4.35. The van der Waals surface area contributed by atoms with Gasteiger partial charge in [0.2, 0.25) is 5.91 Å². The van der Waals surface area contributed by atoms with Crippen LogP contribution in [-0.2, 0) is 10.2 Å². The average molecular weight is 419 g/mol. The van der Waals surface area contributed by atoms with Crippen LogP contribution >= 0.6 is 0 Å². The minimum atomic E-state index is -0.550. The maximum atomic E-state index is 13.3. The van der Waals surface area contributed by atoms with Gasteiger partial charge in [0.25, 0.3) is 0 Å². The zero-order chi connectivity index (χ0) is 21.8. The van der Waals surface area contributed by atoms with Crippen molar-refractivity contribution in [3.05, 3.63) is 66.2 Å². The molecule has 1 aliphatic heterocycles. The van der Waals surface area contributed by atoms with E-state index in [-0.39, 0.29) is 12.5 Å². The number of carbonyl (C=O) groups is 1. The van der Waals surface area contributed by atoms with E-state index < -0.39 is 5.41 Å². The van der Waals surface area contributed by atoms with Gasteiger partial charge in [-0.2, -0.15) is 0 Å². The molecular weight excluding hydrogens is 388 g/mol. The summed E-state index contributed by atoms with van der Waals surface area (Å²) in [6, 6.07) is 20.0. The number of hydrogen-bond acceptors (Lipinski definition) is 5. The Labute approximate surface area is 183 Å². The van der Waals surface area contributed by atoms with Gasteiger partial charge in [-0.15, -0.1) is 0 Å². The van der Waals surface area contributed by atoms with Crippen LogP contribution in [0.3, 0.4) is 0 Å². The number of carbonyl (C=O) groups excluding carboxylic acids is 1. The molecule has 0 radical (unpaired) electrons. The monoisotopic (exact) mass is 418 g/mol. The molecule has 1 aliphatic rings. The second-order valence-electron chi connectivity index (χ2n) is 8.47. The summed E-state index contributed by atoms with van der Waals surface area (Å²) in [5, 5.41) is 13.6. The Bertz CT molecular complexity index is 1040. The zero-order valence-electron chi connectivity index (χ0n) is 18.2. The fraction of sp³-hybridized carbons (Fsp3) is 0.360. The molecule has 1 amide bonds. The fourth-order valence-electron chi connectivity index (χ4n) is 4.17. The third-order valence-corrected chi connectivity index (χ3v) is 6.05. The Kier molecular flexibility index (Phi) is 6.09. The highest BCUT2D eigenvalue weighted by Gasteiger charge is 2.35. The average Bonchev–Trinajstić information content (AvgIpc) is 2.82. The highest BCUT2D eigenvalue weighted by Crippen LogP contribution is 2.29. The number of aliphatic hydroxyl groups is 1. The third-order valence-electron chi connectivity index (χ3n) is 6.05. The molecule has 2 heterocycles. The largest absolute Gasteiger partial charge is 0.395 e. The molecule has 6 nitrogen and oxygen atoms in total. The van der Waals surface area contributed by atoms with Crippen molar-refractivity contribution in [2.75, 3.05) is 49.5 Å². The van der Waals surface area contributed by atoms with Crippen molar-refractivity contribution in [1.29, 1.82) is 0 Å². The molecule has 0 unspecified atom stereocenters. The first-order valence-electron chi connectivity index (χ1n) is 10.8. The summed E-state index contributed by atoms with van der Waals surface area (Å²) in [7, 11) is 0. The predicted octanol–water partition coefficient (Wildman–Crippen LogP) is 3.27. The lowest BCUT2D eigenvalue weighted by Gasteiger charge is -2.39. The van der Waals surface area contributed by atoms with E-state index in [0.29, 0.717) is 19.6 Å². The molecular formula is C25H30N4O2. The van der Waals surface area contributed by atoms with Crippen LogP contribution < -0.4 is 10.2 Å². The number of aromatic nitrogens is 1. The van der Waals surface area contributed by atoms with Gasteiger partial charge in [0.15, 0.2) is 0 Å². The van der Waals surface area contributed by atoms with Gasteiger partial charge in [-0.1, -0.05) is 48.5 Å². The standard InChI is InChI=1S/C25H30N4O2/c1-25(2,19-8-4-3-5-9-19)24(31)29-15-13-28(14-16-29)23-18-22(26-12-17-30)20-10-6-7-11-21(20)27-23/h3-11,18,30H,12-17H2,1-2H3,(H,26,27). The van der Waals surface area contributed by atoms with Gasteiger partial charge in [-0.05, 0) is 25.5 Å². The first-order chi connectivity index (χ1) is 15.0. The van der Waals surface area contributed by atoms with Gasteiger partial charge in [-0.3, -0.25) is 4.79 Å². The molecule has 0 atom stereocenters. The van der Waals surface area contributed by atoms with Crippen molar-refractivity contribution in [3.63, 3.8) is 0 Å². The summed E-state index contributed by atoms with van der Waals surface area (Å²) in [4.78, 5) is 22.3. The van der Waals surface area contributed by atoms with E-state index in [9.17, 15) is 9.90 Å². The summed E-state index contributed by atoms with van der Waals surface area (Å²) in [5.41, 5.74) is 2.38. The highest BCUT2D eigenvalue weighted by atomic mass is 16.3. The van der Waals surface area contributed by atoms with Crippen LogP contribution in [0.25, 0.3) is 10.9 Å². The number of rotatable bonds is 6. The Morgan fingerprint density at radius 2 is 1.71 bits per heavy atom. The molecule has 0 bridgehead atoms. The predicted molar refractivity (Wildman–Crippen MR) is 126 cm³/mol. The van der Waals surface area contributed by atoms with Gasteiger partial charge < -0.3 is 20.2 Å². The molecule has 4 rings (SSSR count). The Hall–Kier alpha value is -3.12. The lowest BCUT2D eigenvalue weighted by atomic mass is 9.83. The van der Waals surface area contributed by atoms with E-state index in [2.05, 4.69) is 10.2 Å². The van der Waals surface area contributed by atoms with Gasteiger partial charge in [0.1, 0.15) is 5.82 Å². The molecule has 3 aromatic rings. The molecule has 0 saturated carbocycles. The minimum absolute atomic E-state index is 0.0734. The summed E-state index contributed by atoms with van der Waals surface area (Å²) < 4.78 is 0. The normalized spacial score (nSPS) is 14.7. The number of nitrogens with zero attached hydrogens (tertiary/aromatic N) is 3. The van der Waals surface area contributed by atoms with Crippen molar-refractivity contribution >= 4 is 28.3 Å². The van der Waals surface area contributed by atoms with E-state index >= 15 is 0 Å². The Balaban J connectivity index is 1.50. The molecule has 2 aromatic carbocycles. The number of amides is 1. The zero-order valence-corrected chi connectivity index (χ0v) is 18.2. The maximum absolute atomic E-state index is 13.3. The van der Waals surface area contributed by atoms with Crippen LogP contribution in [0.1, 0.15) is 19.4 Å². The summed E-state index contributed by atoms with van der Waals surface area (Å²) in [6.45, 7) is 7.38. The molecule has 1 saturated heterocycles. The van der Waals surface area contributed by atoms with Gasteiger partial charge in [0.05, 0.1) is 17.5 Å². The molecule has 0 spiro atoms. The number of benzene rings is 2. The highest BCUT2D eigenvalue weighted by molar-refractivity contribution is 5.93. The summed E-state index contributed by atoms with van der Waals surface area (Å²) in [5.74, 6) is 1.06. The maximum Gasteiger partial charge on any atom is 0.232 e. The van der Waals surface area contributed by atoms with E-state index in [1.54, 1.807) is 0 Å². The molecule has 6 heteroatoms. The number of aliphatic hydroxyl groups excluding tert-OH is 1. The topological polar surface area (TPSA) is 68.7 Å². The van der Waals surface area contributed by atoms with Crippen molar-refractivity contribution < 1.29 is 9.90 Å². The quantitative estimate of drug-likeness (QED) is 0.643. The first-order valence-corrected chi connectivity index (χ1v) is 10.8. The molecule has 2 N–H and O–H groups in total. The van der Waals surface area contributed by atoms with Gasteiger partial charge in [-0.25, -0.2) is 4.98 Å². The molecule has 162 valence electrons. The molecule has 1 aromatic heterocycles. The lowest BCUT2D eigenvalue weighted by molar-refractivity contribution is -0.136. The van der Waals surface area contributed by atoms with Crippen LogP contribution in [0, 0.1) is 0 Å². The van der Waals surface area contributed by atoms with E-state index in [1.165, 1.54) is 0 Å². The number of anilines is 2. The van der Waals surface area contributed by atoms with E-state index in [0.717, 1.165) is 41.1 Å². The molecule has 0 aliphatic carbocycles. The van der Waals surface area contributed by atoms with Crippen LogP contribution in [0.5, 0.6) is 0 Å². The minimum Gasteiger partial charge on any atom is -0.395 e. The Morgan fingerprint density at radius 3 is 2.42 bits per heavy atom. The molecule has 31 heavy (non-hydrogen) atoms. The van der Waals surface area contributed by atoms with Crippen molar-refractivity contribution in [1.82, 2.24) is 9.88 Å². The van der Waals surface area contributed by atoms with Crippen LogP contribution in [0.4, 0.5) is 11.5 Å². The number of nitrogens with one attached hydrogen (secondary N) is 1. The van der Waals surface area contributed by atoms with Crippen molar-refractivity contribution in [2.24, 2.45) is 0 Å². The Morgan fingerprint density at radius 1 is 1.03 bits per heavy atom. The molecule has 1 fully saturated rings. The van der Waals surface area contributed by atoms with Crippen molar-refractivity contribution in [3.8, 4) is 0 Å². The first kappa shape index (κ1) is 21.1. The van der Waals surface area contributed by atoms with Crippen molar-refractivity contribution in [2.45, 2.75) is 19.3 Å². The second-order valence-corrected chi connectivity index (χ2v) is 8.47. The number of fused-ring (bicyclic) bond motifs is 1. The van der Waals surface area contributed by atoms with E-state index in [1.807, 2.05) is 79.4 Å². The van der Waals surface area contributed by atoms with E-state index in [4.69, 9.17) is 4.98 Å². The lowest BCUT2D eigenvalue weighted by Crippen LogP contribution is -2.53. The SMILES string of the molecule is CC(C)(C(=O)N1CCN(c2cc(NCCO)c3ccccc3n2)CC1)c1ccccc1. The fourth-order valence-corrected chi connectivity index (χ4v) is 4.17. The van der Waals surface area contributed by atoms with Gasteiger partial charge >= 0.3 is 0 Å². The van der Waals surface area contributed by atoms with Crippen LogP contribution in [-0.4, -0.2) is 60.2 Å². The smallest absolute Gasteiger partial charge is 0.232 e. The second kappa shape index (κ2) is 8.94. The van der Waals surface area contributed by atoms with Crippen LogP contribution in [0.15, 0.2) is 60.7 Å². The summed E-state index contributed by atoms with van der Waals surface area (Å²) in [6.07, 6.45) is 0. The number of para-hydroxylation sites is 1. The number of pyridine rings is 1. The number of hydrogen-bond donors (Lipinski definition) is 2. The van der Waals surface area contributed by atoms with Gasteiger partial charge in [0, 0.05) is 49.9 Å². The summed E-state index contributed by atoms with van der Waals surface area (Å²) >= 11 is 0. The van der Waals surface area contributed by atoms with Crippen LogP contribution in [0.2, 0.25) is 0 Å².